The molecule has 1 N–H and O–H groups in total. The number of aryl methyl sites for hydroxylation is 2. The first-order chi connectivity index (χ1) is 13.5. The molecular weight excluding hydrogens is 381 g/mol. The molecule has 2 aromatic heterocycles. The van der Waals surface area contributed by atoms with Crippen LogP contribution in [0.3, 0.4) is 0 Å². The Kier molecular flexibility index (Phi) is 4.74. The minimum absolute atomic E-state index is 0.139. The van der Waals surface area contributed by atoms with E-state index in [1.807, 2.05) is 32.0 Å². The van der Waals surface area contributed by atoms with Gasteiger partial charge in [-0.3, -0.25) is 10.1 Å². The van der Waals surface area contributed by atoms with Crippen LogP contribution in [0.1, 0.15) is 11.1 Å². The first kappa shape index (κ1) is 18.1. The van der Waals surface area contributed by atoms with Gasteiger partial charge in [0.2, 0.25) is 10.1 Å². The number of carbonyl (C=O) groups excluding carboxylic acids is 1. The van der Waals surface area contributed by atoms with Gasteiger partial charge in [0.25, 0.3) is 5.91 Å². The van der Waals surface area contributed by atoms with Crippen molar-refractivity contribution in [1.29, 1.82) is 0 Å². The van der Waals surface area contributed by atoms with Gasteiger partial charge in [0.1, 0.15) is 11.6 Å². The summed E-state index contributed by atoms with van der Waals surface area (Å²) in [4.78, 5) is 12.7. The van der Waals surface area contributed by atoms with Gasteiger partial charge in [-0.05, 0) is 49.2 Å². The molecule has 1 amide bonds. The molecule has 0 aliphatic carbocycles. The lowest BCUT2D eigenvalue weighted by molar-refractivity contribution is -0.118. The van der Waals surface area contributed by atoms with E-state index in [9.17, 15) is 9.18 Å². The summed E-state index contributed by atoms with van der Waals surface area (Å²) in [7, 11) is 0. The van der Waals surface area contributed by atoms with Crippen molar-refractivity contribution < 1.29 is 13.9 Å². The van der Waals surface area contributed by atoms with Crippen LogP contribution < -0.4 is 10.1 Å². The highest BCUT2D eigenvalue weighted by molar-refractivity contribution is 7.20. The van der Waals surface area contributed by atoms with Crippen LogP contribution in [0.25, 0.3) is 16.3 Å². The van der Waals surface area contributed by atoms with E-state index in [0.29, 0.717) is 27.2 Å². The molecule has 0 aliphatic rings. The summed E-state index contributed by atoms with van der Waals surface area (Å²) in [6, 6.07) is 11.7. The van der Waals surface area contributed by atoms with E-state index in [-0.39, 0.29) is 18.3 Å². The predicted molar refractivity (Wildman–Crippen MR) is 104 cm³/mol. The number of fused-ring (bicyclic) bond motifs is 1. The van der Waals surface area contributed by atoms with Crippen molar-refractivity contribution in [2.45, 2.75) is 13.8 Å². The first-order valence-electron chi connectivity index (χ1n) is 8.48. The molecule has 4 rings (SSSR count). The molecular formula is C19H16FN5O2S. The summed E-state index contributed by atoms with van der Waals surface area (Å²) in [5, 5.41) is 15.4. The fourth-order valence-electron chi connectivity index (χ4n) is 2.58. The lowest BCUT2D eigenvalue weighted by Gasteiger charge is -2.07. The molecule has 0 radical (unpaired) electrons. The second kappa shape index (κ2) is 7.35. The number of anilines is 1. The highest BCUT2D eigenvalue weighted by atomic mass is 32.1. The average molecular weight is 397 g/mol. The Morgan fingerprint density at radius 3 is 2.82 bits per heavy atom. The highest BCUT2D eigenvalue weighted by Crippen LogP contribution is 2.24. The van der Waals surface area contributed by atoms with Crippen LogP contribution in [0, 0.1) is 19.7 Å². The maximum Gasteiger partial charge on any atom is 0.264 e. The average Bonchev–Trinajstić information content (AvgIpc) is 3.22. The highest BCUT2D eigenvalue weighted by Gasteiger charge is 2.15. The molecule has 9 heteroatoms. The largest absolute Gasteiger partial charge is 0.484 e. The molecule has 0 atom stereocenters. The number of carbonyl (C=O) groups is 1. The SMILES string of the molecule is Cc1ccc(OCC(=O)Nc2nn3c(-c4cccc(F)c4)nnc3s2)cc1C. The van der Waals surface area contributed by atoms with Crippen LogP contribution in [0.4, 0.5) is 9.52 Å². The second-order valence-electron chi connectivity index (χ2n) is 6.22. The molecule has 2 heterocycles. The summed E-state index contributed by atoms with van der Waals surface area (Å²) < 4.78 is 20.5. The topological polar surface area (TPSA) is 81.4 Å². The summed E-state index contributed by atoms with van der Waals surface area (Å²) in [6.45, 7) is 3.86. The van der Waals surface area contributed by atoms with E-state index in [2.05, 4.69) is 20.6 Å². The lowest BCUT2D eigenvalue weighted by atomic mass is 10.1. The van der Waals surface area contributed by atoms with Gasteiger partial charge < -0.3 is 4.74 Å². The smallest absolute Gasteiger partial charge is 0.264 e. The molecule has 0 saturated carbocycles. The Labute approximate surface area is 163 Å². The van der Waals surface area contributed by atoms with Crippen molar-refractivity contribution in [3.8, 4) is 17.1 Å². The van der Waals surface area contributed by atoms with Crippen molar-refractivity contribution in [2.75, 3.05) is 11.9 Å². The van der Waals surface area contributed by atoms with E-state index >= 15 is 0 Å². The van der Waals surface area contributed by atoms with Crippen LogP contribution in [0.15, 0.2) is 42.5 Å². The van der Waals surface area contributed by atoms with Crippen LogP contribution in [-0.2, 0) is 4.79 Å². The number of benzene rings is 2. The monoisotopic (exact) mass is 397 g/mol. The molecule has 4 aromatic rings. The number of halogens is 1. The number of hydrogen-bond acceptors (Lipinski definition) is 6. The number of nitrogens with one attached hydrogen (secondary N) is 1. The number of hydrogen-bond donors (Lipinski definition) is 1. The maximum atomic E-state index is 13.5. The number of amides is 1. The van der Waals surface area contributed by atoms with Crippen LogP contribution in [-0.4, -0.2) is 32.3 Å². The van der Waals surface area contributed by atoms with Gasteiger partial charge in [-0.1, -0.05) is 29.5 Å². The Morgan fingerprint density at radius 1 is 1.18 bits per heavy atom. The fourth-order valence-corrected chi connectivity index (χ4v) is 3.34. The molecule has 0 saturated heterocycles. The predicted octanol–water partition coefficient (Wildman–Crippen LogP) is 3.63. The molecule has 2 aromatic carbocycles. The van der Waals surface area contributed by atoms with Crippen LogP contribution in [0.2, 0.25) is 0 Å². The van der Waals surface area contributed by atoms with E-state index < -0.39 is 0 Å². The van der Waals surface area contributed by atoms with Crippen LogP contribution in [0.5, 0.6) is 5.75 Å². The van der Waals surface area contributed by atoms with Crippen molar-refractivity contribution in [3.63, 3.8) is 0 Å². The van der Waals surface area contributed by atoms with Gasteiger partial charge in [0.15, 0.2) is 12.4 Å². The molecule has 0 spiro atoms. The lowest BCUT2D eigenvalue weighted by Crippen LogP contribution is -2.20. The number of ether oxygens (including phenoxy) is 1. The van der Waals surface area contributed by atoms with Crippen LogP contribution >= 0.6 is 11.3 Å². The van der Waals surface area contributed by atoms with Gasteiger partial charge in [-0.15, -0.1) is 15.3 Å². The van der Waals surface area contributed by atoms with Gasteiger partial charge in [-0.2, -0.15) is 4.52 Å². The molecule has 0 bridgehead atoms. The first-order valence-corrected chi connectivity index (χ1v) is 9.29. The van der Waals surface area contributed by atoms with E-state index in [1.165, 1.54) is 28.0 Å². The normalized spacial score (nSPS) is 11.0. The van der Waals surface area contributed by atoms with Crippen molar-refractivity contribution in [1.82, 2.24) is 19.8 Å². The third kappa shape index (κ3) is 3.70. The summed E-state index contributed by atoms with van der Waals surface area (Å²) >= 11 is 1.17. The Hall–Kier alpha value is -3.33. The van der Waals surface area contributed by atoms with E-state index in [0.717, 1.165) is 11.1 Å². The Morgan fingerprint density at radius 2 is 2.04 bits per heavy atom. The maximum absolute atomic E-state index is 13.5. The summed E-state index contributed by atoms with van der Waals surface area (Å²) in [5.41, 5.74) is 2.80. The van der Waals surface area contributed by atoms with Gasteiger partial charge >= 0.3 is 0 Å². The second-order valence-corrected chi connectivity index (χ2v) is 7.17. The molecule has 142 valence electrons. The van der Waals surface area contributed by atoms with Crippen molar-refractivity contribution in [2.24, 2.45) is 0 Å². The standard InChI is InChI=1S/C19H16FN5O2S/c1-11-6-7-15(8-12(11)2)27-10-16(26)21-18-24-25-17(22-23-19(25)28-18)13-4-3-5-14(20)9-13/h3-9H,10H2,1-2H3,(H,21,24,26). The number of rotatable bonds is 5. The summed E-state index contributed by atoms with van der Waals surface area (Å²) in [5.74, 6) is 0.319. The number of aromatic nitrogens is 4. The molecule has 28 heavy (non-hydrogen) atoms. The summed E-state index contributed by atoms with van der Waals surface area (Å²) in [6.07, 6.45) is 0. The number of nitrogens with zero attached hydrogens (tertiary/aromatic N) is 4. The van der Waals surface area contributed by atoms with Gasteiger partial charge in [0.05, 0.1) is 0 Å². The Bertz CT molecular complexity index is 1170. The molecule has 0 aliphatic heterocycles. The zero-order valence-corrected chi connectivity index (χ0v) is 16.0. The minimum atomic E-state index is -0.374. The Balaban J connectivity index is 1.46. The molecule has 0 unspecified atom stereocenters. The zero-order valence-electron chi connectivity index (χ0n) is 15.1. The van der Waals surface area contributed by atoms with Gasteiger partial charge in [0, 0.05) is 5.56 Å². The minimum Gasteiger partial charge on any atom is -0.484 e. The third-order valence-electron chi connectivity index (χ3n) is 4.17. The molecule has 7 nitrogen and oxygen atoms in total. The van der Waals surface area contributed by atoms with E-state index in [4.69, 9.17) is 4.74 Å². The third-order valence-corrected chi connectivity index (χ3v) is 4.98. The van der Waals surface area contributed by atoms with Crippen molar-refractivity contribution in [3.05, 3.63) is 59.4 Å². The molecule has 0 fully saturated rings. The quantitative estimate of drug-likeness (QED) is 0.556. The fraction of sp³-hybridized carbons (Fsp3) is 0.158. The zero-order chi connectivity index (χ0) is 19.7. The van der Waals surface area contributed by atoms with E-state index in [1.54, 1.807) is 12.1 Å². The van der Waals surface area contributed by atoms with Crippen molar-refractivity contribution >= 4 is 27.3 Å². The van der Waals surface area contributed by atoms with Gasteiger partial charge in [-0.25, -0.2) is 4.39 Å².